The van der Waals surface area contributed by atoms with Crippen LogP contribution in [0.25, 0.3) is 5.69 Å². The third-order valence-electron chi connectivity index (χ3n) is 5.89. The number of nitrogens with one attached hydrogen (secondary N) is 3. The van der Waals surface area contributed by atoms with Gasteiger partial charge in [-0.1, -0.05) is 6.07 Å². The molecule has 0 aliphatic heterocycles. The van der Waals surface area contributed by atoms with E-state index in [2.05, 4.69) is 36.1 Å². The van der Waals surface area contributed by atoms with Crippen LogP contribution in [0.4, 0.5) is 35.3 Å². The number of benzene rings is 1. The minimum Gasteiger partial charge on any atom is -0.444 e. The number of nitrogens with zero attached hydrogens (tertiary/aromatic N) is 6. The topological polar surface area (TPSA) is 143 Å². The monoisotopic (exact) mass is 579 g/mol. The summed E-state index contributed by atoms with van der Waals surface area (Å²) in [7, 11) is 0. The number of anilines is 3. The second kappa shape index (κ2) is 12.1. The quantitative estimate of drug-likeness (QED) is 0.248. The SMILES string of the molecule is Cc1ncc(Nc2nc(N[C@H](c3ccc(F)c(F)c3)[C@H](C)NC(=O)OC(C)(C)C)c(F)cc2C#N)cc1-n1nccn1. The maximum absolute atomic E-state index is 15.2. The van der Waals surface area contributed by atoms with E-state index in [0.29, 0.717) is 17.1 Å². The van der Waals surface area contributed by atoms with E-state index in [1.165, 1.54) is 29.5 Å². The van der Waals surface area contributed by atoms with Gasteiger partial charge in [-0.15, -0.1) is 4.80 Å². The van der Waals surface area contributed by atoms with E-state index < -0.39 is 41.2 Å². The minimum atomic E-state index is -1.13. The predicted octanol–water partition coefficient (Wildman–Crippen LogP) is 5.46. The van der Waals surface area contributed by atoms with Gasteiger partial charge in [0.05, 0.1) is 47.6 Å². The molecule has 1 amide bonds. The van der Waals surface area contributed by atoms with E-state index in [4.69, 9.17) is 4.74 Å². The summed E-state index contributed by atoms with van der Waals surface area (Å²) in [6, 6.07) is 5.87. The average Bonchev–Trinajstić information content (AvgIpc) is 3.45. The highest BCUT2D eigenvalue weighted by Gasteiger charge is 2.27. The Kier molecular flexibility index (Phi) is 8.60. The number of halogens is 3. The van der Waals surface area contributed by atoms with Crippen LogP contribution in [0.5, 0.6) is 0 Å². The molecule has 3 N–H and O–H groups in total. The van der Waals surface area contributed by atoms with Crippen molar-refractivity contribution in [3.63, 3.8) is 0 Å². The zero-order valence-electron chi connectivity index (χ0n) is 23.4. The van der Waals surface area contributed by atoms with Crippen molar-refractivity contribution in [2.24, 2.45) is 0 Å². The standard InChI is InChI=1S/C28H28F3N9O2/c1-15-23(40-34-8-9-35-40)12-19(14-33-15)37-25-18(13-32)11-22(31)26(39-25)38-24(17-6-7-20(29)21(30)10-17)16(2)36-27(41)42-28(3,4)5/h6-12,14,16,24H,1-5H3,(H,36,41)(H2,37,38,39)/t16-,24-/m0/s1. The van der Waals surface area contributed by atoms with Crippen LogP contribution < -0.4 is 16.0 Å². The van der Waals surface area contributed by atoms with Gasteiger partial charge in [0, 0.05) is 0 Å². The largest absolute Gasteiger partial charge is 0.444 e. The Morgan fingerprint density at radius 3 is 2.40 bits per heavy atom. The molecule has 218 valence electrons. The zero-order chi connectivity index (χ0) is 30.6. The van der Waals surface area contributed by atoms with Crippen LogP contribution in [-0.2, 0) is 4.74 Å². The highest BCUT2D eigenvalue weighted by atomic mass is 19.2. The molecule has 0 unspecified atom stereocenters. The van der Waals surface area contributed by atoms with Gasteiger partial charge in [-0.05, 0) is 64.4 Å². The van der Waals surface area contributed by atoms with Crippen LogP contribution >= 0.6 is 0 Å². The Morgan fingerprint density at radius 1 is 1.05 bits per heavy atom. The number of aryl methyl sites for hydroxylation is 1. The Morgan fingerprint density at radius 2 is 1.76 bits per heavy atom. The number of aromatic nitrogens is 5. The smallest absolute Gasteiger partial charge is 0.407 e. The molecule has 0 saturated carbocycles. The molecule has 1 aromatic carbocycles. The fraction of sp³-hybridized carbons (Fsp3) is 0.286. The summed E-state index contributed by atoms with van der Waals surface area (Å²) in [4.78, 5) is 22.5. The number of nitriles is 1. The summed E-state index contributed by atoms with van der Waals surface area (Å²) in [5.41, 5.74) is 0.885. The minimum absolute atomic E-state index is 0.0109. The van der Waals surface area contributed by atoms with E-state index >= 15 is 4.39 Å². The number of pyridine rings is 2. The second-order valence-corrected chi connectivity index (χ2v) is 10.3. The third kappa shape index (κ3) is 7.11. The van der Waals surface area contributed by atoms with Crippen molar-refractivity contribution in [3.05, 3.63) is 83.2 Å². The van der Waals surface area contributed by atoms with Gasteiger partial charge in [0.25, 0.3) is 0 Å². The first kappa shape index (κ1) is 29.8. The molecule has 3 aromatic heterocycles. The number of hydrogen-bond donors (Lipinski definition) is 3. The number of alkyl carbamates (subject to hydrolysis) is 1. The predicted molar refractivity (Wildman–Crippen MR) is 148 cm³/mol. The molecule has 0 spiro atoms. The lowest BCUT2D eigenvalue weighted by Crippen LogP contribution is -2.42. The van der Waals surface area contributed by atoms with Crippen molar-refractivity contribution in [1.29, 1.82) is 5.26 Å². The van der Waals surface area contributed by atoms with Gasteiger partial charge in [-0.3, -0.25) is 4.98 Å². The number of hydrogen-bond acceptors (Lipinski definition) is 9. The van der Waals surface area contributed by atoms with Crippen LogP contribution in [-0.4, -0.2) is 42.7 Å². The number of carbonyl (C=O) groups excluding carboxylic acids is 1. The van der Waals surface area contributed by atoms with Gasteiger partial charge in [0.2, 0.25) is 0 Å². The van der Waals surface area contributed by atoms with Crippen molar-refractivity contribution in [1.82, 2.24) is 30.3 Å². The molecule has 42 heavy (non-hydrogen) atoms. The maximum atomic E-state index is 15.2. The lowest BCUT2D eigenvalue weighted by molar-refractivity contribution is 0.0503. The Hall–Kier alpha value is -5.19. The summed E-state index contributed by atoms with van der Waals surface area (Å²) < 4.78 is 48.5. The molecule has 0 aliphatic carbocycles. The summed E-state index contributed by atoms with van der Waals surface area (Å²) >= 11 is 0. The summed E-state index contributed by atoms with van der Waals surface area (Å²) in [5, 5.41) is 26.3. The molecule has 0 saturated heterocycles. The van der Waals surface area contributed by atoms with Crippen LogP contribution in [0, 0.1) is 35.7 Å². The van der Waals surface area contributed by atoms with Crippen molar-refractivity contribution >= 4 is 23.4 Å². The van der Waals surface area contributed by atoms with E-state index in [0.717, 1.165) is 18.2 Å². The first-order valence-corrected chi connectivity index (χ1v) is 12.8. The van der Waals surface area contributed by atoms with E-state index in [9.17, 15) is 18.8 Å². The highest BCUT2D eigenvalue weighted by molar-refractivity contribution is 5.69. The molecule has 0 bridgehead atoms. The molecule has 0 aliphatic rings. The van der Waals surface area contributed by atoms with Crippen LogP contribution in [0.3, 0.4) is 0 Å². The average molecular weight is 580 g/mol. The van der Waals surface area contributed by atoms with Gasteiger partial charge in [-0.25, -0.2) is 22.9 Å². The number of amides is 1. The molecule has 11 nitrogen and oxygen atoms in total. The van der Waals surface area contributed by atoms with E-state index in [-0.39, 0.29) is 22.8 Å². The molecule has 3 heterocycles. The van der Waals surface area contributed by atoms with Crippen molar-refractivity contribution in [3.8, 4) is 11.8 Å². The first-order valence-electron chi connectivity index (χ1n) is 12.8. The Bertz CT molecular complexity index is 1630. The van der Waals surface area contributed by atoms with Crippen LogP contribution in [0.2, 0.25) is 0 Å². The van der Waals surface area contributed by atoms with Gasteiger partial charge in [0.15, 0.2) is 29.1 Å². The van der Waals surface area contributed by atoms with Crippen LogP contribution in [0.1, 0.15) is 50.6 Å². The van der Waals surface area contributed by atoms with Gasteiger partial charge in [0.1, 0.15) is 17.4 Å². The molecule has 4 rings (SSSR count). The molecule has 0 radical (unpaired) electrons. The summed E-state index contributed by atoms with van der Waals surface area (Å²) in [6.07, 6.45) is 3.75. The fourth-order valence-electron chi connectivity index (χ4n) is 3.97. The Labute approximate surface area is 239 Å². The highest BCUT2D eigenvalue weighted by Crippen LogP contribution is 2.29. The third-order valence-corrected chi connectivity index (χ3v) is 5.89. The molecular weight excluding hydrogens is 551 g/mol. The lowest BCUT2D eigenvalue weighted by atomic mass is 10.00. The molecule has 14 heteroatoms. The maximum Gasteiger partial charge on any atom is 0.407 e. The molecular formula is C28H28F3N9O2. The van der Waals surface area contributed by atoms with Crippen molar-refractivity contribution in [2.45, 2.75) is 52.3 Å². The zero-order valence-corrected chi connectivity index (χ0v) is 23.4. The van der Waals surface area contributed by atoms with E-state index in [1.807, 2.05) is 6.07 Å². The van der Waals surface area contributed by atoms with Crippen LogP contribution in [0.15, 0.2) is 48.9 Å². The number of carbonyl (C=O) groups is 1. The first-order chi connectivity index (χ1) is 19.8. The summed E-state index contributed by atoms with van der Waals surface area (Å²) in [6.45, 7) is 8.40. The summed E-state index contributed by atoms with van der Waals surface area (Å²) in [5.74, 6) is -3.43. The van der Waals surface area contributed by atoms with Crippen molar-refractivity contribution in [2.75, 3.05) is 10.6 Å². The van der Waals surface area contributed by atoms with Gasteiger partial charge in [-0.2, -0.15) is 15.5 Å². The molecule has 2 atom stereocenters. The van der Waals surface area contributed by atoms with Gasteiger partial charge >= 0.3 is 6.09 Å². The second-order valence-electron chi connectivity index (χ2n) is 10.3. The van der Waals surface area contributed by atoms with Gasteiger partial charge < -0.3 is 20.7 Å². The lowest BCUT2D eigenvalue weighted by Gasteiger charge is -2.29. The Balaban J connectivity index is 1.69. The molecule has 4 aromatic rings. The number of ether oxygens (including phenoxy) is 1. The number of rotatable bonds is 8. The fourth-order valence-corrected chi connectivity index (χ4v) is 3.97. The van der Waals surface area contributed by atoms with E-state index in [1.54, 1.807) is 40.7 Å². The normalized spacial score (nSPS) is 12.6. The molecule has 0 fully saturated rings. The van der Waals surface area contributed by atoms with Crippen molar-refractivity contribution < 1.29 is 22.7 Å².